The van der Waals surface area contributed by atoms with Gasteiger partial charge in [-0.1, -0.05) is 19.3 Å². The van der Waals surface area contributed by atoms with Gasteiger partial charge in [0.05, 0.1) is 0 Å². The molecule has 3 rings (SSSR count). The smallest absolute Gasteiger partial charge is 0.0249 e. The summed E-state index contributed by atoms with van der Waals surface area (Å²) in [5.41, 5.74) is 0. The number of hydrogen-bond donors (Lipinski definition) is 1. The number of fused-ring (bicyclic) bond motifs is 1. The average Bonchev–Trinajstić information content (AvgIpc) is 3.00. The lowest BCUT2D eigenvalue weighted by atomic mass is 9.98. The molecular formula is C14H26N2. The van der Waals surface area contributed by atoms with Crippen molar-refractivity contribution in [2.45, 2.75) is 70.0 Å². The van der Waals surface area contributed by atoms with E-state index in [0.717, 1.165) is 24.0 Å². The lowest BCUT2D eigenvalue weighted by molar-refractivity contribution is 0.176. The van der Waals surface area contributed by atoms with E-state index < -0.39 is 0 Å². The van der Waals surface area contributed by atoms with Crippen molar-refractivity contribution < 1.29 is 0 Å². The molecule has 0 aromatic carbocycles. The standard InChI is InChI=1S/C14H26N2/c1-11(10-12-5-6-12)15-13-7-9-16-8-3-2-4-14(13)16/h11-15H,2-10H2,1H3. The van der Waals surface area contributed by atoms with E-state index in [4.69, 9.17) is 0 Å². The van der Waals surface area contributed by atoms with Crippen LogP contribution in [0.5, 0.6) is 0 Å². The molecule has 0 spiro atoms. The maximum Gasteiger partial charge on any atom is 0.0249 e. The van der Waals surface area contributed by atoms with Crippen molar-refractivity contribution in [3.63, 3.8) is 0 Å². The van der Waals surface area contributed by atoms with Crippen molar-refractivity contribution in [3.8, 4) is 0 Å². The molecule has 3 fully saturated rings. The van der Waals surface area contributed by atoms with Gasteiger partial charge in [0.15, 0.2) is 0 Å². The Kier molecular flexibility index (Phi) is 3.21. The van der Waals surface area contributed by atoms with E-state index >= 15 is 0 Å². The predicted molar refractivity (Wildman–Crippen MR) is 67.6 cm³/mol. The molecule has 2 heterocycles. The van der Waals surface area contributed by atoms with Gasteiger partial charge in [0, 0.05) is 24.7 Å². The minimum atomic E-state index is 0.749. The van der Waals surface area contributed by atoms with Gasteiger partial charge in [-0.3, -0.25) is 4.90 Å². The van der Waals surface area contributed by atoms with E-state index in [-0.39, 0.29) is 0 Å². The minimum absolute atomic E-state index is 0.749. The molecule has 1 aliphatic carbocycles. The Labute approximate surface area is 99.8 Å². The van der Waals surface area contributed by atoms with Gasteiger partial charge in [0.25, 0.3) is 0 Å². The molecule has 16 heavy (non-hydrogen) atoms. The highest BCUT2D eigenvalue weighted by Crippen LogP contribution is 2.34. The maximum absolute atomic E-state index is 3.91. The van der Waals surface area contributed by atoms with Crippen LogP contribution in [0, 0.1) is 5.92 Å². The predicted octanol–water partition coefficient (Wildman–Crippen LogP) is 2.39. The normalized spacial score (nSPS) is 37.3. The summed E-state index contributed by atoms with van der Waals surface area (Å²) in [6, 6.07) is 2.42. The van der Waals surface area contributed by atoms with E-state index in [2.05, 4.69) is 17.1 Å². The molecule has 2 nitrogen and oxygen atoms in total. The van der Waals surface area contributed by atoms with Gasteiger partial charge in [-0.2, -0.15) is 0 Å². The molecule has 0 aromatic heterocycles. The summed E-state index contributed by atoms with van der Waals surface area (Å²) in [6.07, 6.45) is 10.1. The Bertz CT molecular complexity index is 237. The molecule has 0 aromatic rings. The first-order chi connectivity index (χ1) is 7.83. The Hall–Kier alpha value is -0.0800. The van der Waals surface area contributed by atoms with E-state index in [1.165, 1.54) is 58.0 Å². The zero-order valence-corrected chi connectivity index (χ0v) is 10.6. The van der Waals surface area contributed by atoms with Crippen molar-refractivity contribution >= 4 is 0 Å². The van der Waals surface area contributed by atoms with Crippen molar-refractivity contribution in [1.29, 1.82) is 0 Å². The van der Waals surface area contributed by atoms with Crippen LogP contribution >= 0.6 is 0 Å². The van der Waals surface area contributed by atoms with Crippen LogP contribution in [0.2, 0.25) is 0 Å². The minimum Gasteiger partial charge on any atom is -0.310 e. The van der Waals surface area contributed by atoms with E-state index in [1.807, 2.05) is 0 Å². The van der Waals surface area contributed by atoms with Crippen molar-refractivity contribution in [2.24, 2.45) is 5.92 Å². The Morgan fingerprint density at radius 3 is 2.81 bits per heavy atom. The summed E-state index contributed by atoms with van der Waals surface area (Å²) in [5, 5.41) is 3.91. The summed E-state index contributed by atoms with van der Waals surface area (Å²) in [6.45, 7) is 5.10. The quantitative estimate of drug-likeness (QED) is 0.786. The highest BCUT2D eigenvalue weighted by molar-refractivity contribution is 4.95. The third-order valence-corrected chi connectivity index (χ3v) is 4.74. The highest BCUT2D eigenvalue weighted by Gasteiger charge is 2.36. The van der Waals surface area contributed by atoms with E-state index in [9.17, 15) is 0 Å². The van der Waals surface area contributed by atoms with Crippen LogP contribution in [0.3, 0.4) is 0 Å². The second-order valence-corrected chi connectivity index (χ2v) is 6.24. The van der Waals surface area contributed by atoms with Crippen molar-refractivity contribution in [3.05, 3.63) is 0 Å². The van der Waals surface area contributed by atoms with E-state index in [0.29, 0.717) is 0 Å². The van der Waals surface area contributed by atoms with Crippen LogP contribution in [-0.4, -0.2) is 36.1 Å². The fourth-order valence-electron chi connectivity index (χ4n) is 3.73. The molecule has 3 unspecified atom stereocenters. The van der Waals surface area contributed by atoms with Crippen LogP contribution in [0.1, 0.15) is 51.9 Å². The summed E-state index contributed by atoms with van der Waals surface area (Å²) < 4.78 is 0. The van der Waals surface area contributed by atoms with E-state index in [1.54, 1.807) is 0 Å². The Morgan fingerprint density at radius 2 is 2.00 bits per heavy atom. The van der Waals surface area contributed by atoms with Crippen LogP contribution in [0.25, 0.3) is 0 Å². The highest BCUT2D eigenvalue weighted by atomic mass is 15.2. The molecule has 1 saturated carbocycles. The first-order valence-electron chi connectivity index (χ1n) is 7.33. The van der Waals surface area contributed by atoms with Gasteiger partial charge in [0.1, 0.15) is 0 Å². The third kappa shape index (κ3) is 2.43. The first kappa shape index (κ1) is 11.0. The van der Waals surface area contributed by atoms with Gasteiger partial charge in [-0.05, 0) is 45.1 Å². The fraction of sp³-hybridized carbons (Fsp3) is 1.00. The zero-order valence-electron chi connectivity index (χ0n) is 10.6. The lowest BCUT2D eigenvalue weighted by Crippen LogP contribution is -2.47. The number of nitrogens with one attached hydrogen (secondary N) is 1. The van der Waals surface area contributed by atoms with Crippen molar-refractivity contribution in [2.75, 3.05) is 13.1 Å². The van der Waals surface area contributed by atoms with Gasteiger partial charge in [0.2, 0.25) is 0 Å². The average molecular weight is 222 g/mol. The molecule has 92 valence electrons. The number of piperidine rings is 1. The fourth-order valence-corrected chi connectivity index (χ4v) is 3.73. The molecule has 3 aliphatic rings. The summed E-state index contributed by atoms with van der Waals surface area (Å²) in [7, 11) is 0. The number of nitrogens with zero attached hydrogens (tertiary/aromatic N) is 1. The van der Waals surface area contributed by atoms with Crippen molar-refractivity contribution in [1.82, 2.24) is 10.2 Å². The topological polar surface area (TPSA) is 15.3 Å². The van der Waals surface area contributed by atoms with Gasteiger partial charge < -0.3 is 5.32 Å². The lowest BCUT2D eigenvalue weighted by Gasteiger charge is -2.33. The Morgan fingerprint density at radius 1 is 1.12 bits per heavy atom. The maximum atomic E-state index is 3.91. The SMILES string of the molecule is CC(CC1CC1)NC1CCN2CCCCC12. The largest absolute Gasteiger partial charge is 0.310 e. The molecular weight excluding hydrogens is 196 g/mol. The number of hydrogen-bond acceptors (Lipinski definition) is 2. The Balaban J connectivity index is 1.49. The van der Waals surface area contributed by atoms with Crippen LogP contribution in [0.4, 0.5) is 0 Å². The van der Waals surface area contributed by atoms with Gasteiger partial charge in [-0.25, -0.2) is 0 Å². The summed E-state index contributed by atoms with van der Waals surface area (Å²) in [5.74, 6) is 1.06. The molecule has 0 radical (unpaired) electrons. The van der Waals surface area contributed by atoms with Gasteiger partial charge >= 0.3 is 0 Å². The second-order valence-electron chi connectivity index (χ2n) is 6.24. The molecule has 0 bridgehead atoms. The molecule has 2 aliphatic heterocycles. The summed E-state index contributed by atoms with van der Waals surface area (Å²) >= 11 is 0. The third-order valence-electron chi connectivity index (χ3n) is 4.74. The molecule has 3 atom stereocenters. The monoisotopic (exact) mass is 222 g/mol. The molecule has 0 amide bonds. The summed E-state index contributed by atoms with van der Waals surface area (Å²) in [4.78, 5) is 2.73. The van der Waals surface area contributed by atoms with Gasteiger partial charge in [-0.15, -0.1) is 0 Å². The first-order valence-corrected chi connectivity index (χ1v) is 7.33. The van der Waals surface area contributed by atoms with Crippen LogP contribution in [0.15, 0.2) is 0 Å². The molecule has 1 N–H and O–H groups in total. The van der Waals surface area contributed by atoms with Crippen LogP contribution < -0.4 is 5.32 Å². The second kappa shape index (κ2) is 4.66. The molecule has 2 heteroatoms. The number of rotatable bonds is 4. The zero-order chi connectivity index (χ0) is 11.0. The van der Waals surface area contributed by atoms with Crippen LogP contribution in [-0.2, 0) is 0 Å². The molecule has 2 saturated heterocycles.